The quantitative estimate of drug-likeness (QED) is 0.587. The van der Waals surface area contributed by atoms with E-state index in [1.807, 2.05) is 26.0 Å². The molecule has 1 aromatic carbocycles. The topological polar surface area (TPSA) is 66.0 Å². The number of thiocarbonyl (C=S) groups is 1. The number of amides is 1. The van der Waals surface area contributed by atoms with Gasteiger partial charge in [-0.3, -0.25) is 20.6 Å². The van der Waals surface area contributed by atoms with Gasteiger partial charge in [0.2, 0.25) is 0 Å². The van der Waals surface area contributed by atoms with Crippen molar-refractivity contribution in [3.05, 3.63) is 59.4 Å². The number of rotatable bonds is 2. The second-order valence-electron chi connectivity index (χ2n) is 4.59. The molecule has 0 atom stereocenters. The van der Waals surface area contributed by atoms with Gasteiger partial charge in [0, 0.05) is 23.6 Å². The molecule has 0 radical (unpaired) electrons. The highest BCUT2D eigenvalue weighted by Crippen LogP contribution is 2.15. The molecular weight excluding hydrogens is 284 g/mol. The molecule has 1 heterocycles. The third-order valence-electron chi connectivity index (χ3n) is 2.86. The van der Waals surface area contributed by atoms with Gasteiger partial charge in [-0.1, -0.05) is 17.7 Å². The van der Waals surface area contributed by atoms with Crippen molar-refractivity contribution in [1.82, 2.24) is 15.8 Å². The molecule has 0 aliphatic carbocycles. The zero-order valence-electron chi connectivity index (χ0n) is 11.8. The van der Waals surface area contributed by atoms with Gasteiger partial charge in [-0.15, -0.1) is 0 Å². The van der Waals surface area contributed by atoms with E-state index in [4.69, 9.17) is 12.2 Å². The first-order valence-corrected chi connectivity index (χ1v) is 6.81. The molecule has 0 saturated carbocycles. The van der Waals surface area contributed by atoms with Crippen LogP contribution in [0.4, 0.5) is 5.69 Å². The van der Waals surface area contributed by atoms with Gasteiger partial charge >= 0.3 is 0 Å². The molecule has 6 heteroatoms. The van der Waals surface area contributed by atoms with Crippen LogP contribution in [0.2, 0.25) is 0 Å². The van der Waals surface area contributed by atoms with Crippen molar-refractivity contribution in [3.63, 3.8) is 0 Å². The number of carbonyl (C=O) groups is 1. The van der Waals surface area contributed by atoms with Crippen LogP contribution >= 0.6 is 12.2 Å². The lowest BCUT2D eigenvalue weighted by Gasteiger charge is -2.13. The van der Waals surface area contributed by atoms with Crippen LogP contribution < -0.4 is 16.2 Å². The average Bonchev–Trinajstić information content (AvgIpc) is 2.48. The van der Waals surface area contributed by atoms with Crippen LogP contribution in [-0.4, -0.2) is 16.0 Å². The van der Waals surface area contributed by atoms with Crippen LogP contribution in [0, 0.1) is 13.8 Å². The molecule has 1 aromatic heterocycles. The van der Waals surface area contributed by atoms with Gasteiger partial charge in [-0.05, 0) is 49.8 Å². The highest BCUT2D eigenvalue weighted by molar-refractivity contribution is 7.80. The predicted octanol–water partition coefficient (Wildman–Crippen LogP) is 2.33. The molecule has 21 heavy (non-hydrogen) atoms. The van der Waals surface area contributed by atoms with Gasteiger partial charge < -0.3 is 5.32 Å². The maximum absolute atomic E-state index is 11.8. The molecule has 1 amide bonds. The van der Waals surface area contributed by atoms with Crippen LogP contribution in [-0.2, 0) is 0 Å². The minimum absolute atomic E-state index is 0.276. The second-order valence-corrected chi connectivity index (χ2v) is 5.00. The van der Waals surface area contributed by atoms with Gasteiger partial charge in [0.1, 0.15) is 0 Å². The number of pyridine rings is 1. The maximum Gasteiger partial charge on any atom is 0.269 e. The van der Waals surface area contributed by atoms with Crippen LogP contribution in [0.1, 0.15) is 21.5 Å². The summed E-state index contributed by atoms with van der Waals surface area (Å²) in [7, 11) is 0. The molecule has 108 valence electrons. The summed E-state index contributed by atoms with van der Waals surface area (Å²) in [4.78, 5) is 15.7. The Kier molecular flexibility index (Phi) is 4.84. The minimum Gasteiger partial charge on any atom is -0.331 e. The lowest BCUT2D eigenvalue weighted by Crippen LogP contribution is -2.43. The summed E-state index contributed by atoms with van der Waals surface area (Å²) >= 11 is 5.15. The lowest BCUT2D eigenvalue weighted by atomic mass is 10.1. The summed E-state index contributed by atoms with van der Waals surface area (Å²) in [6.07, 6.45) is 3.11. The normalized spacial score (nSPS) is 9.81. The first kappa shape index (κ1) is 14.9. The van der Waals surface area contributed by atoms with Crippen LogP contribution in [0.15, 0.2) is 42.7 Å². The standard InChI is InChI=1S/C15H16N4OS/c1-10-3-4-13(11(2)9-10)17-15(21)19-18-14(20)12-5-7-16-8-6-12/h3-9H,1-2H3,(H,18,20)(H2,17,19,21). The Morgan fingerprint density at radius 2 is 1.81 bits per heavy atom. The third kappa shape index (κ3) is 4.25. The molecule has 0 saturated heterocycles. The number of nitrogens with one attached hydrogen (secondary N) is 3. The Labute approximate surface area is 128 Å². The van der Waals surface area contributed by atoms with Crippen molar-refractivity contribution in [3.8, 4) is 0 Å². The number of aromatic nitrogens is 1. The maximum atomic E-state index is 11.8. The number of nitrogens with zero attached hydrogens (tertiary/aromatic N) is 1. The summed E-state index contributed by atoms with van der Waals surface area (Å²) in [5.41, 5.74) is 8.87. The van der Waals surface area contributed by atoms with E-state index in [0.29, 0.717) is 10.7 Å². The summed E-state index contributed by atoms with van der Waals surface area (Å²) in [6, 6.07) is 9.24. The van der Waals surface area contributed by atoms with E-state index in [1.165, 1.54) is 5.56 Å². The fourth-order valence-electron chi connectivity index (χ4n) is 1.80. The number of hydrogen-bond acceptors (Lipinski definition) is 3. The Bertz CT molecular complexity index is 658. The van der Waals surface area contributed by atoms with Gasteiger partial charge in [0.25, 0.3) is 5.91 Å². The first-order chi connectivity index (χ1) is 10.1. The second kappa shape index (κ2) is 6.81. The molecule has 2 rings (SSSR count). The Morgan fingerprint density at radius 3 is 2.48 bits per heavy atom. The SMILES string of the molecule is Cc1ccc(NC(=S)NNC(=O)c2ccncc2)c(C)c1. The van der Waals surface area contributed by atoms with Gasteiger partial charge in [-0.25, -0.2) is 0 Å². The molecule has 0 aliphatic heterocycles. The Balaban J connectivity index is 1.89. The van der Waals surface area contributed by atoms with Crippen LogP contribution in [0.3, 0.4) is 0 Å². The van der Waals surface area contributed by atoms with Gasteiger partial charge in [0.05, 0.1) is 0 Å². The summed E-state index contributed by atoms with van der Waals surface area (Å²) < 4.78 is 0. The van der Waals surface area contributed by atoms with Crippen molar-refractivity contribution in [2.75, 3.05) is 5.32 Å². The number of hydrazine groups is 1. The Morgan fingerprint density at radius 1 is 1.10 bits per heavy atom. The highest BCUT2D eigenvalue weighted by atomic mass is 32.1. The molecule has 2 aromatic rings. The molecule has 0 fully saturated rings. The van der Waals surface area contributed by atoms with E-state index in [0.717, 1.165) is 11.3 Å². The van der Waals surface area contributed by atoms with E-state index >= 15 is 0 Å². The van der Waals surface area contributed by atoms with Crippen LogP contribution in [0.25, 0.3) is 0 Å². The van der Waals surface area contributed by atoms with Gasteiger partial charge in [0.15, 0.2) is 5.11 Å². The Hall–Kier alpha value is -2.47. The van der Waals surface area contributed by atoms with E-state index in [1.54, 1.807) is 24.5 Å². The summed E-state index contributed by atoms with van der Waals surface area (Å²) in [5.74, 6) is -0.276. The third-order valence-corrected chi connectivity index (χ3v) is 3.07. The molecule has 3 N–H and O–H groups in total. The molecule has 5 nitrogen and oxygen atoms in total. The number of hydrogen-bond donors (Lipinski definition) is 3. The molecule has 0 unspecified atom stereocenters. The van der Waals surface area contributed by atoms with Gasteiger partial charge in [-0.2, -0.15) is 0 Å². The lowest BCUT2D eigenvalue weighted by molar-refractivity contribution is 0.0944. The van der Waals surface area contributed by atoms with E-state index in [-0.39, 0.29) is 5.91 Å². The zero-order valence-corrected chi connectivity index (χ0v) is 12.6. The predicted molar refractivity (Wildman–Crippen MR) is 87.0 cm³/mol. The summed E-state index contributed by atoms with van der Waals surface area (Å²) in [5, 5.41) is 3.36. The number of aryl methyl sites for hydroxylation is 2. The average molecular weight is 300 g/mol. The smallest absolute Gasteiger partial charge is 0.269 e. The number of carbonyl (C=O) groups excluding carboxylic acids is 1. The van der Waals surface area contributed by atoms with Crippen molar-refractivity contribution >= 4 is 28.9 Å². The largest absolute Gasteiger partial charge is 0.331 e. The monoisotopic (exact) mass is 300 g/mol. The van der Waals surface area contributed by atoms with E-state index in [2.05, 4.69) is 27.2 Å². The minimum atomic E-state index is -0.276. The van der Waals surface area contributed by atoms with E-state index < -0.39 is 0 Å². The summed E-state index contributed by atoms with van der Waals surface area (Å²) in [6.45, 7) is 4.02. The van der Waals surface area contributed by atoms with Crippen LogP contribution in [0.5, 0.6) is 0 Å². The number of anilines is 1. The van der Waals surface area contributed by atoms with E-state index in [9.17, 15) is 4.79 Å². The first-order valence-electron chi connectivity index (χ1n) is 6.41. The fourth-order valence-corrected chi connectivity index (χ4v) is 1.96. The van der Waals surface area contributed by atoms with Crippen molar-refractivity contribution in [2.24, 2.45) is 0 Å². The number of benzene rings is 1. The fraction of sp³-hybridized carbons (Fsp3) is 0.133. The van der Waals surface area contributed by atoms with Crippen molar-refractivity contribution in [1.29, 1.82) is 0 Å². The highest BCUT2D eigenvalue weighted by Gasteiger charge is 2.05. The van der Waals surface area contributed by atoms with Crippen molar-refractivity contribution < 1.29 is 4.79 Å². The zero-order chi connectivity index (χ0) is 15.2. The molecule has 0 aliphatic rings. The molecule has 0 spiro atoms. The van der Waals surface area contributed by atoms with Crippen molar-refractivity contribution in [2.45, 2.75) is 13.8 Å². The molecular formula is C15H16N4OS. The molecule has 0 bridgehead atoms.